The highest BCUT2D eigenvalue weighted by atomic mass is 32.1. The van der Waals surface area contributed by atoms with Gasteiger partial charge in [0.2, 0.25) is 0 Å². The fourth-order valence-corrected chi connectivity index (χ4v) is 3.04. The fourth-order valence-electron chi connectivity index (χ4n) is 2.71. The summed E-state index contributed by atoms with van der Waals surface area (Å²) < 4.78 is 10.9. The first-order valence-corrected chi connectivity index (χ1v) is 6.89. The van der Waals surface area contributed by atoms with Gasteiger partial charge in [0.15, 0.2) is 5.11 Å². The van der Waals surface area contributed by atoms with E-state index in [2.05, 4.69) is 10.2 Å². The third-order valence-corrected chi connectivity index (χ3v) is 3.95. The topological polar surface area (TPSA) is 33.7 Å². The number of fused-ring (bicyclic) bond motifs is 1. The Balaban J connectivity index is 1.87. The molecule has 0 spiro atoms. The van der Waals surface area contributed by atoms with E-state index in [1.54, 1.807) is 7.11 Å². The zero-order valence-electron chi connectivity index (χ0n) is 10.5. The summed E-state index contributed by atoms with van der Waals surface area (Å²) in [5.74, 6) is 0. The molecule has 17 heavy (non-hydrogen) atoms. The lowest BCUT2D eigenvalue weighted by atomic mass is 9.90. The molecule has 1 heterocycles. The van der Waals surface area contributed by atoms with Crippen molar-refractivity contribution >= 4 is 17.3 Å². The van der Waals surface area contributed by atoms with Crippen molar-refractivity contribution in [3.05, 3.63) is 0 Å². The molecule has 1 saturated carbocycles. The number of methoxy groups -OCH3 is 1. The van der Waals surface area contributed by atoms with Gasteiger partial charge in [-0.1, -0.05) is 12.8 Å². The summed E-state index contributed by atoms with van der Waals surface area (Å²) in [5.41, 5.74) is 0. The second-order valence-corrected chi connectivity index (χ2v) is 5.07. The first-order chi connectivity index (χ1) is 8.33. The number of hydrogen-bond donors (Lipinski definition) is 1. The van der Waals surface area contributed by atoms with E-state index in [1.165, 1.54) is 25.7 Å². The number of morpholine rings is 1. The van der Waals surface area contributed by atoms with Crippen LogP contribution in [0.25, 0.3) is 0 Å². The van der Waals surface area contributed by atoms with E-state index in [0.29, 0.717) is 18.8 Å². The average Bonchev–Trinajstić information content (AvgIpc) is 2.38. The molecule has 0 bridgehead atoms. The van der Waals surface area contributed by atoms with E-state index < -0.39 is 0 Å². The average molecular weight is 258 g/mol. The maximum absolute atomic E-state index is 5.83. The molecular formula is C12H22N2O2S. The van der Waals surface area contributed by atoms with Gasteiger partial charge in [0, 0.05) is 20.2 Å². The van der Waals surface area contributed by atoms with E-state index >= 15 is 0 Å². The van der Waals surface area contributed by atoms with Gasteiger partial charge in [-0.05, 0) is 25.1 Å². The van der Waals surface area contributed by atoms with Crippen molar-refractivity contribution in [3.8, 4) is 0 Å². The predicted octanol–water partition coefficient (Wildman–Crippen LogP) is 1.15. The van der Waals surface area contributed by atoms with Crippen LogP contribution in [0.1, 0.15) is 25.7 Å². The van der Waals surface area contributed by atoms with Crippen LogP contribution in [0.15, 0.2) is 0 Å². The molecule has 1 N–H and O–H groups in total. The summed E-state index contributed by atoms with van der Waals surface area (Å²) in [5, 5.41) is 4.13. The van der Waals surface area contributed by atoms with Gasteiger partial charge in [0.05, 0.1) is 25.4 Å². The molecule has 5 heteroatoms. The van der Waals surface area contributed by atoms with Crippen molar-refractivity contribution < 1.29 is 9.47 Å². The molecular weight excluding hydrogens is 236 g/mol. The summed E-state index contributed by atoms with van der Waals surface area (Å²) in [4.78, 5) is 2.32. The summed E-state index contributed by atoms with van der Waals surface area (Å²) in [6, 6.07) is 0.486. The number of ether oxygens (including phenoxy) is 2. The Bertz CT molecular complexity index is 261. The van der Waals surface area contributed by atoms with Gasteiger partial charge in [-0.2, -0.15) is 0 Å². The smallest absolute Gasteiger partial charge is 0.169 e. The Kier molecular flexibility index (Phi) is 5.00. The Labute approximate surface area is 109 Å². The predicted molar refractivity (Wildman–Crippen MR) is 71.2 cm³/mol. The van der Waals surface area contributed by atoms with Gasteiger partial charge in [0.1, 0.15) is 0 Å². The zero-order valence-corrected chi connectivity index (χ0v) is 11.3. The minimum Gasteiger partial charge on any atom is -0.383 e. The highest BCUT2D eigenvalue weighted by molar-refractivity contribution is 7.80. The monoisotopic (exact) mass is 258 g/mol. The van der Waals surface area contributed by atoms with Crippen LogP contribution < -0.4 is 5.32 Å². The standard InChI is InChI=1S/C12H22N2O2S/c1-15-8-6-13-12(17)14-7-9-16-11-5-3-2-4-10(11)14/h10-11H,2-9H2,1H3,(H,13,17). The molecule has 0 aromatic rings. The second-order valence-electron chi connectivity index (χ2n) is 4.68. The van der Waals surface area contributed by atoms with Gasteiger partial charge in [-0.15, -0.1) is 0 Å². The fraction of sp³-hybridized carbons (Fsp3) is 0.917. The molecule has 2 atom stereocenters. The van der Waals surface area contributed by atoms with Crippen molar-refractivity contribution in [1.29, 1.82) is 0 Å². The summed E-state index contributed by atoms with van der Waals surface area (Å²) in [6.07, 6.45) is 5.36. The molecule has 0 amide bonds. The van der Waals surface area contributed by atoms with Crippen LogP contribution in [0.2, 0.25) is 0 Å². The van der Waals surface area contributed by atoms with Gasteiger partial charge in [-0.25, -0.2) is 0 Å². The molecule has 2 aliphatic rings. The maximum Gasteiger partial charge on any atom is 0.169 e. The molecule has 0 aromatic carbocycles. The van der Waals surface area contributed by atoms with Gasteiger partial charge < -0.3 is 19.7 Å². The Morgan fingerprint density at radius 1 is 1.47 bits per heavy atom. The minimum absolute atomic E-state index is 0.389. The van der Waals surface area contributed by atoms with Crippen LogP contribution in [0.5, 0.6) is 0 Å². The van der Waals surface area contributed by atoms with Crippen molar-refractivity contribution in [2.45, 2.75) is 37.8 Å². The SMILES string of the molecule is COCCNC(=S)N1CCOC2CCCCC21. The van der Waals surface area contributed by atoms with Gasteiger partial charge >= 0.3 is 0 Å². The van der Waals surface area contributed by atoms with Gasteiger partial charge in [0.25, 0.3) is 0 Å². The third kappa shape index (κ3) is 3.30. The first-order valence-electron chi connectivity index (χ1n) is 6.48. The highest BCUT2D eigenvalue weighted by Gasteiger charge is 2.35. The molecule has 2 unspecified atom stereocenters. The van der Waals surface area contributed by atoms with Crippen molar-refractivity contribution in [3.63, 3.8) is 0 Å². The molecule has 4 nitrogen and oxygen atoms in total. The van der Waals surface area contributed by atoms with Crippen LogP contribution >= 0.6 is 12.2 Å². The molecule has 1 aliphatic carbocycles. The first kappa shape index (κ1) is 13.1. The van der Waals surface area contributed by atoms with Crippen molar-refractivity contribution in [1.82, 2.24) is 10.2 Å². The second kappa shape index (κ2) is 6.52. The van der Waals surface area contributed by atoms with Gasteiger partial charge in [-0.3, -0.25) is 0 Å². The summed E-state index contributed by atoms with van der Waals surface area (Å²) in [6.45, 7) is 3.19. The van der Waals surface area contributed by atoms with E-state index in [-0.39, 0.29) is 0 Å². The number of rotatable bonds is 3. The summed E-state index contributed by atoms with van der Waals surface area (Å²) in [7, 11) is 1.70. The lowest BCUT2D eigenvalue weighted by molar-refractivity contribution is -0.0638. The van der Waals surface area contributed by atoms with Crippen molar-refractivity contribution in [2.24, 2.45) is 0 Å². The van der Waals surface area contributed by atoms with Crippen LogP contribution in [0, 0.1) is 0 Å². The largest absolute Gasteiger partial charge is 0.383 e. The van der Waals surface area contributed by atoms with E-state index in [1.807, 2.05) is 0 Å². The summed E-state index contributed by atoms with van der Waals surface area (Å²) >= 11 is 5.46. The minimum atomic E-state index is 0.389. The molecule has 0 radical (unpaired) electrons. The molecule has 1 saturated heterocycles. The van der Waals surface area contributed by atoms with E-state index in [4.69, 9.17) is 21.7 Å². The van der Waals surface area contributed by atoms with E-state index in [0.717, 1.165) is 24.8 Å². The van der Waals surface area contributed by atoms with Crippen LogP contribution in [0.3, 0.4) is 0 Å². The number of nitrogens with one attached hydrogen (secondary N) is 1. The number of hydrogen-bond acceptors (Lipinski definition) is 3. The highest BCUT2D eigenvalue weighted by Crippen LogP contribution is 2.28. The molecule has 2 fully saturated rings. The molecule has 2 rings (SSSR count). The van der Waals surface area contributed by atoms with Crippen molar-refractivity contribution in [2.75, 3.05) is 33.4 Å². The normalized spacial score (nSPS) is 28.6. The maximum atomic E-state index is 5.83. The number of nitrogens with zero attached hydrogens (tertiary/aromatic N) is 1. The van der Waals surface area contributed by atoms with Crippen LogP contribution in [-0.4, -0.2) is 55.6 Å². The van der Waals surface area contributed by atoms with Crippen LogP contribution in [-0.2, 0) is 9.47 Å². The lowest BCUT2D eigenvalue weighted by Gasteiger charge is -2.45. The third-order valence-electron chi connectivity index (χ3n) is 3.58. The lowest BCUT2D eigenvalue weighted by Crippen LogP contribution is -2.57. The molecule has 98 valence electrons. The molecule has 0 aromatic heterocycles. The van der Waals surface area contributed by atoms with E-state index in [9.17, 15) is 0 Å². The quantitative estimate of drug-likeness (QED) is 0.607. The number of thiocarbonyl (C=S) groups is 1. The Morgan fingerprint density at radius 2 is 2.29 bits per heavy atom. The molecule has 1 aliphatic heterocycles. The zero-order chi connectivity index (χ0) is 12.1. The Hall–Kier alpha value is -0.390. The van der Waals surface area contributed by atoms with Crippen LogP contribution in [0.4, 0.5) is 0 Å². The Morgan fingerprint density at radius 3 is 3.12 bits per heavy atom.